The van der Waals surface area contributed by atoms with Crippen molar-refractivity contribution >= 4 is 34.9 Å². The summed E-state index contributed by atoms with van der Waals surface area (Å²) in [6, 6.07) is 18.1. The van der Waals surface area contributed by atoms with Crippen LogP contribution in [0.5, 0.6) is 5.75 Å². The molecule has 0 heterocycles. The van der Waals surface area contributed by atoms with Gasteiger partial charge >= 0.3 is 5.97 Å². The Morgan fingerprint density at radius 3 is 2.44 bits per heavy atom. The Morgan fingerprint density at radius 2 is 1.74 bits per heavy atom. The molecule has 3 rings (SSSR count). The number of carbonyl (C=O) groups is 1. The molecule has 0 aliphatic heterocycles. The molecule has 0 saturated heterocycles. The largest absolute Gasteiger partial charge is 0.423 e. The Kier molecular flexibility index (Phi) is 5.74. The van der Waals surface area contributed by atoms with Crippen molar-refractivity contribution in [1.29, 1.82) is 0 Å². The topological polar surface area (TPSA) is 69.4 Å². The zero-order valence-electron chi connectivity index (χ0n) is 13.9. The van der Waals surface area contributed by atoms with Gasteiger partial charge in [0.15, 0.2) is 0 Å². The minimum Gasteiger partial charge on any atom is -0.423 e. The second kappa shape index (κ2) is 8.20. The zero-order valence-corrected chi connectivity index (χ0v) is 15.4. The fourth-order valence-electron chi connectivity index (χ4n) is 2.54. The molecule has 0 aliphatic rings. The third kappa shape index (κ3) is 4.64. The van der Waals surface area contributed by atoms with E-state index >= 15 is 0 Å². The first-order valence-electron chi connectivity index (χ1n) is 7.92. The maximum atomic E-state index is 12.5. The van der Waals surface area contributed by atoms with Gasteiger partial charge in [0, 0.05) is 29.1 Å². The van der Waals surface area contributed by atoms with Crippen LogP contribution in [0.4, 0.5) is 5.69 Å². The molecule has 0 fully saturated rings. The number of nitro benzene ring substituents is 1. The van der Waals surface area contributed by atoms with Gasteiger partial charge in [0.05, 0.1) is 15.5 Å². The van der Waals surface area contributed by atoms with Crippen molar-refractivity contribution in [1.82, 2.24) is 0 Å². The maximum Gasteiger partial charge on any atom is 0.345 e. The summed E-state index contributed by atoms with van der Waals surface area (Å²) in [4.78, 5) is 22.9. The molecule has 3 aromatic carbocycles. The van der Waals surface area contributed by atoms with Gasteiger partial charge in [-0.2, -0.15) is 0 Å². The van der Waals surface area contributed by atoms with E-state index in [2.05, 4.69) is 0 Å². The number of hydrogen-bond acceptors (Lipinski definition) is 4. The maximum absolute atomic E-state index is 12.5. The number of rotatable bonds is 5. The summed E-state index contributed by atoms with van der Waals surface area (Å²) in [5.41, 5.74) is 1.41. The number of ether oxygens (including phenoxy) is 1. The molecule has 27 heavy (non-hydrogen) atoms. The van der Waals surface area contributed by atoms with Crippen molar-refractivity contribution in [2.45, 2.75) is 6.42 Å². The fraction of sp³-hybridized carbons (Fsp3) is 0.0500. The number of benzene rings is 3. The van der Waals surface area contributed by atoms with Crippen LogP contribution in [0.1, 0.15) is 21.5 Å². The molecule has 7 heteroatoms. The van der Waals surface area contributed by atoms with Crippen LogP contribution < -0.4 is 4.74 Å². The highest BCUT2D eigenvalue weighted by Gasteiger charge is 2.19. The first kappa shape index (κ1) is 18.9. The Hall–Kier alpha value is -2.89. The minimum atomic E-state index is -0.777. The fourth-order valence-corrected chi connectivity index (χ4v) is 2.93. The van der Waals surface area contributed by atoms with Gasteiger partial charge in [-0.25, -0.2) is 4.79 Å². The normalized spacial score (nSPS) is 10.4. The zero-order chi connectivity index (χ0) is 19.4. The predicted octanol–water partition coefficient (Wildman–Crippen LogP) is 5.71. The standard InChI is InChI=1S/C20H13Cl2NO4/c21-15-6-9-19(14(11-15)10-13-4-2-1-3-5-13)27-20(24)17-12-16(23(25)26)7-8-18(17)22/h1-9,11-12H,10H2. The van der Waals surface area contributed by atoms with Crippen molar-refractivity contribution in [3.63, 3.8) is 0 Å². The quantitative estimate of drug-likeness (QED) is 0.237. The molecule has 0 radical (unpaired) electrons. The summed E-state index contributed by atoms with van der Waals surface area (Å²) < 4.78 is 5.47. The third-order valence-corrected chi connectivity index (χ3v) is 4.41. The molecule has 0 unspecified atom stereocenters. The Labute approximate surface area is 165 Å². The summed E-state index contributed by atoms with van der Waals surface area (Å²) in [7, 11) is 0. The molecule has 0 atom stereocenters. The van der Waals surface area contributed by atoms with E-state index in [1.54, 1.807) is 18.2 Å². The summed E-state index contributed by atoms with van der Waals surface area (Å²) in [5.74, 6) is -0.462. The Bertz CT molecular complexity index is 1010. The predicted molar refractivity (Wildman–Crippen MR) is 104 cm³/mol. The van der Waals surface area contributed by atoms with Crippen molar-refractivity contribution in [3.05, 3.63) is 104 Å². The smallest absolute Gasteiger partial charge is 0.345 e. The number of halogens is 2. The van der Waals surface area contributed by atoms with E-state index in [-0.39, 0.29) is 16.3 Å². The van der Waals surface area contributed by atoms with Crippen molar-refractivity contribution < 1.29 is 14.5 Å². The summed E-state index contributed by atoms with van der Waals surface area (Å²) in [6.07, 6.45) is 0.507. The number of hydrogen-bond donors (Lipinski definition) is 0. The average molecular weight is 402 g/mol. The van der Waals surface area contributed by atoms with E-state index in [4.69, 9.17) is 27.9 Å². The monoisotopic (exact) mass is 401 g/mol. The van der Waals surface area contributed by atoms with Gasteiger partial charge in [0.25, 0.3) is 5.69 Å². The molecule has 0 N–H and O–H groups in total. The molecule has 0 saturated carbocycles. The second-order valence-electron chi connectivity index (χ2n) is 5.73. The van der Waals surface area contributed by atoms with E-state index in [0.29, 0.717) is 22.8 Å². The molecule has 0 bridgehead atoms. The van der Waals surface area contributed by atoms with Crippen LogP contribution in [0.15, 0.2) is 66.7 Å². The van der Waals surface area contributed by atoms with E-state index in [1.807, 2.05) is 30.3 Å². The Morgan fingerprint density at radius 1 is 1.00 bits per heavy atom. The lowest BCUT2D eigenvalue weighted by Crippen LogP contribution is -2.11. The highest BCUT2D eigenvalue weighted by molar-refractivity contribution is 6.33. The molecular formula is C20H13Cl2NO4. The van der Waals surface area contributed by atoms with Crippen LogP contribution in [0.2, 0.25) is 10.0 Å². The number of nitro groups is 1. The van der Waals surface area contributed by atoms with E-state index in [1.165, 1.54) is 12.1 Å². The highest BCUT2D eigenvalue weighted by atomic mass is 35.5. The van der Waals surface area contributed by atoms with Gasteiger partial charge in [-0.1, -0.05) is 53.5 Å². The van der Waals surface area contributed by atoms with Gasteiger partial charge in [-0.15, -0.1) is 0 Å². The van der Waals surface area contributed by atoms with E-state index < -0.39 is 10.9 Å². The van der Waals surface area contributed by atoms with Crippen LogP contribution in [0, 0.1) is 10.1 Å². The number of esters is 1. The Balaban J connectivity index is 1.90. The summed E-state index contributed by atoms with van der Waals surface area (Å²) in [6.45, 7) is 0. The van der Waals surface area contributed by atoms with Crippen LogP contribution in [0.25, 0.3) is 0 Å². The molecule has 0 aromatic heterocycles. The molecule has 0 aliphatic carbocycles. The number of nitrogens with zero attached hydrogens (tertiary/aromatic N) is 1. The van der Waals surface area contributed by atoms with E-state index in [9.17, 15) is 14.9 Å². The van der Waals surface area contributed by atoms with Crippen molar-refractivity contribution in [2.24, 2.45) is 0 Å². The molecule has 136 valence electrons. The lowest BCUT2D eigenvalue weighted by molar-refractivity contribution is -0.384. The molecule has 5 nitrogen and oxygen atoms in total. The second-order valence-corrected chi connectivity index (χ2v) is 6.57. The summed E-state index contributed by atoms with van der Waals surface area (Å²) in [5, 5.41) is 11.5. The van der Waals surface area contributed by atoms with Gasteiger partial charge in [0.2, 0.25) is 0 Å². The lowest BCUT2D eigenvalue weighted by atomic mass is 10.0. The third-order valence-electron chi connectivity index (χ3n) is 3.84. The molecule has 0 spiro atoms. The van der Waals surface area contributed by atoms with Gasteiger partial charge < -0.3 is 4.74 Å². The molecular weight excluding hydrogens is 389 g/mol. The van der Waals surface area contributed by atoms with Crippen LogP contribution >= 0.6 is 23.2 Å². The van der Waals surface area contributed by atoms with Crippen molar-refractivity contribution in [2.75, 3.05) is 0 Å². The highest BCUT2D eigenvalue weighted by Crippen LogP contribution is 2.28. The van der Waals surface area contributed by atoms with Crippen LogP contribution in [0.3, 0.4) is 0 Å². The number of non-ortho nitro benzene ring substituents is 1. The average Bonchev–Trinajstić information content (AvgIpc) is 2.65. The lowest BCUT2D eigenvalue weighted by Gasteiger charge is -2.11. The summed E-state index contributed by atoms with van der Waals surface area (Å²) >= 11 is 12.1. The molecule has 3 aromatic rings. The van der Waals surface area contributed by atoms with Crippen molar-refractivity contribution in [3.8, 4) is 5.75 Å². The number of carbonyl (C=O) groups excluding carboxylic acids is 1. The SMILES string of the molecule is O=C(Oc1ccc(Cl)cc1Cc1ccccc1)c1cc([N+](=O)[O-])ccc1Cl. The van der Waals surface area contributed by atoms with Gasteiger partial charge in [-0.05, 0) is 29.8 Å². The van der Waals surface area contributed by atoms with Crippen LogP contribution in [-0.2, 0) is 6.42 Å². The van der Waals surface area contributed by atoms with E-state index in [0.717, 1.165) is 11.6 Å². The minimum absolute atomic E-state index is 0.0733. The molecule has 0 amide bonds. The van der Waals surface area contributed by atoms with Crippen LogP contribution in [-0.4, -0.2) is 10.9 Å². The van der Waals surface area contributed by atoms with Gasteiger partial charge in [-0.3, -0.25) is 10.1 Å². The first-order valence-corrected chi connectivity index (χ1v) is 8.68. The van der Waals surface area contributed by atoms with Gasteiger partial charge in [0.1, 0.15) is 5.75 Å². The first-order chi connectivity index (χ1) is 12.9.